The molecule has 7 heteroatoms. The zero-order valence-electron chi connectivity index (χ0n) is 19.4. The van der Waals surface area contributed by atoms with Crippen LogP contribution in [0.4, 0.5) is 4.39 Å². The average Bonchev–Trinajstić information content (AvgIpc) is 2.74. The van der Waals surface area contributed by atoms with Crippen molar-refractivity contribution in [2.75, 3.05) is 26.3 Å². The summed E-state index contributed by atoms with van der Waals surface area (Å²) >= 11 is 0. The molecule has 0 heterocycles. The van der Waals surface area contributed by atoms with Crippen molar-refractivity contribution < 1.29 is 18.1 Å². The van der Waals surface area contributed by atoms with Gasteiger partial charge in [0.05, 0.1) is 5.25 Å². The molecule has 2 atom stereocenters. The van der Waals surface area contributed by atoms with E-state index in [2.05, 4.69) is 11.3 Å². The van der Waals surface area contributed by atoms with Crippen LogP contribution in [0.2, 0.25) is 0 Å². The van der Waals surface area contributed by atoms with Gasteiger partial charge in [-0.3, -0.25) is 4.79 Å². The predicted octanol–water partition coefficient (Wildman–Crippen LogP) is 5.01. The molecule has 0 saturated heterocycles. The van der Waals surface area contributed by atoms with Gasteiger partial charge in [-0.2, -0.15) is 0 Å². The molecule has 5 nitrogen and oxygen atoms in total. The lowest BCUT2D eigenvalue weighted by Crippen LogP contribution is -2.31. The van der Waals surface area contributed by atoms with E-state index in [9.17, 15) is 13.4 Å². The molecule has 0 saturated carbocycles. The van der Waals surface area contributed by atoms with E-state index in [4.69, 9.17) is 5.73 Å². The van der Waals surface area contributed by atoms with E-state index >= 15 is 0 Å². The first-order chi connectivity index (χ1) is 14.7. The summed E-state index contributed by atoms with van der Waals surface area (Å²) in [4.78, 5) is 9.86. The summed E-state index contributed by atoms with van der Waals surface area (Å²) < 4.78 is 33.8. The third kappa shape index (κ3) is 11.8. The second kappa shape index (κ2) is 16.6. The van der Waals surface area contributed by atoms with Crippen LogP contribution in [-0.2, 0) is 20.5 Å². The number of benzene rings is 1. The highest BCUT2D eigenvalue weighted by atomic mass is 32.2. The Labute approximate surface area is 189 Å². The van der Waals surface area contributed by atoms with Gasteiger partial charge in [-0.05, 0) is 38.8 Å². The summed E-state index contributed by atoms with van der Waals surface area (Å²) in [5.41, 5.74) is 7.11. The number of rotatable bonds is 12. The number of carbonyl (C=O) groups is 1. The Morgan fingerprint density at radius 3 is 2.26 bits per heavy atom. The summed E-state index contributed by atoms with van der Waals surface area (Å²) in [7, 11) is -1.23. The van der Waals surface area contributed by atoms with E-state index in [0.717, 1.165) is 17.6 Å². The van der Waals surface area contributed by atoms with Crippen molar-refractivity contribution in [2.24, 2.45) is 5.73 Å². The number of carbonyl (C=O) groups excluding carboxylic acids is 1. The Morgan fingerprint density at radius 1 is 1.26 bits per heavy atom. The molecule has 0 aromatic heterocycles. The Hall–Kier alpha value is -2.09. The number of likely N-dealkylation sites (N-methyl/N-ethyl adjacent to an activating group) is 1. The van der Waals surface area contributed by atoms with Crippen LogP contribution in [0.15, 0.2) is 66.0 Å². The van der Waals surface area contributed by atoms with Crippen molar-refractivity contribution >= 4 is 16.9 Å². The number of allylic oxidation sites excluding steroid dienone is 3. The highest BCUT2D eigenvalue weighted by molar-refractivity contribution is 7.82. The quantitative estimate of drug-likeness (QED) is 0.453. The smallest absolute Gasteiger partial charge is 0.243 e. The standard InChI is InChI=1S/C20H28FNOS.C4H9NO2/c1-6-17(19(21)14-16(4)5)15-22(8-3)24(23)20(7-2)18-12-10-9-11-13-18;1-2-7-3-4(5)6/h6,9-14,20H,1,7-8,15H2,2-5H3;2-3H2,1H3,(H2,5,6)/b19-17-;/t20-,24?;/m1./s1. The molecule has 0 radical (unpaired) electrons. The third-order valence-corrected chi connectivity index (χ3v) is 6.14. The van der Waals surface area contributed by atoms with Crippen molar-refractivity contribution in [1.29, 1.82) is 0 Å². The predicted molar refractivity (Wildman–Crippen MR) is 128 cm³/mol. The Balaban J connectivity index is 0.00000110. The van der Waals surface area contributed by atoms with Crippen molar-refractivity contribution in [1.82, 2.24) is 4.31 Å². The minimum absolute atomic E-state index is 0.0382. The van der Waals surface area contributed by atoms with E-state index in [1.807, 2.05) is 65.0 Å². The van der Waals surface area contributed by atoms with Gasteiger partial charge in [-0.1, -0.05) is 62.4 Å². The lowest BCUT2D eigenvalue weighted by atomic mass is 10.1. The van der Waals surface area contributed by atoms with Crippen molar-refractivity contribution in [3.05, 3.63) is 71.6 Å². The Kier molecular flexibility index (Phi) is 15.5. The van der Waals surface area contributed by atoms with Gasteiger partial charge in [0.15, 0.2) is 0 Å². The van der Waals surface area contributed by atoms with E-state index < -0.39 is 16.9 Å². The van der Waals surface area contributed by atoms with Crippen molar-refractivity contribution in [2.45, 2.75) is 46.3 Å². The maximum Gasteiger partial charge on any atom is 0.243 e. The van der Waals surface area contributed by atoms with E-state index in [1.165, 1.54) is 12.2 Å². The highest BCUT2D eigenvalue weighted by Crippen LogP contribution is 2.26. The molecule has 1 rings (SSSR count). The zero-order valence-corrected chi connectivity index (χ0v) is 20.2. The molecule has 0 fully saturated rings. The van der Waals surface area contributed by atoms with Gasteiger partial charge in [-0.25, -0.2) is 12.9 Å². The second-order valence-corrected chi connectivity index (χ2v) is 8.58. The van der Waals surface area contributed by atoms with Gasteiger partial charge in [0.2, 0.25) is 5.91 Å². The first kappa shape index (κ1) is 28.9. The number of hydrogen-bond acceptors (Lipinski definition) is 3. The lowest BCUT2D eigenvalue weighted by molar-refractivity contribution is -0.122. The van der Waals surface area contributed by atoms with Crippen molar-refractivity contribution in [3.8, 4) is 0 Å². The average molecular weight is 453 g/mol. The molecule has 31 heavy (non-hydrogen) atoms. The van der Waals surface area contributed by atoms with Gasteiger partial charge >= 0.3 is 0 Å². The number of hydrogen-bond donors (Lipinski definition) is 1. The maximum absolute atomic E-state index is 14.3. The van der Waals surface area contributed by atoms with Crippen LogP contribution >= 0.6 is 0 Å². The lowest BCUT2D eigenvalue weighted by Gasteiger charge is -2.25. The fraction of sp³-hybridized carbons (Fsp3) is 0.458. The fourth-order valence-corrected chi connectivity index (χ4v) is 4.18. The molecule has 0 aliphatic rings. The monoisotopic (exact) mass is 452 g/mol. The molecule has 1 amide bonds. The van der Waals surface area contributed by atoms with Crippen LogP contribution < -0.4 is 5.73 Å². The number of halogens is 1. The molecule has 0 bridgehead atoms. The normalized spacial score (nSPS) is 13.4. The van der Waals surface area contributed by atoms with Crippen LogP contribution in [0.25, 0.3) is 0 Å². The van der Waals surface area contributed by atoms with Crippen molar-refractivity contribution in [3.63, 3.8) is 0 Å². The van der Waals surface area contributed by atoms with Gasteiger partial charge in [0, 0.05) is 25.3 Å². The molecule has 1 aromatic carbocycles. The molecule has 0 aliphatic heterocycles. The Bertz CT molecular complexity index is 759. The molecule has 174 valence electrons. The third-order valence-electron chi connectivity index (χ3n) is 4.16. The Morgan fingerprint density at radius 2 is 1.87 bits per heavy atom. The summed E-state index contributed by atoms with van der Waals surface area (Å²) in [6, 6.07) is 9.84. The van der Waals surface area contributed by atoms with E-state index in [-0.39, 0.29) is 24.2 Å². The van der Waals surface area contributed by atoms with Crippen LogP contribution in [0.1, 0.15) is 51.9 Å². The van der Waals surface area contributed by atoms with E-state index in [1.54, 1.807) is 4.31 Å². The van der Waals surface area contributed by atoms with Crippen LogP contribution in [0, 0.1) is 0 Å². The summed E-state index contributed by atoms with van der Waals surface area (Å²) in [5.74, 6) is -0.727. The first-order valence-electron chi connectivity index (χ1n) is 10.4. The number of nitrogens with zero attached hydrogens (tertiary/aromatic N) is 1. The summed E-state index contributed by atoms with van der Waals surface area (Å²) in [6.07, 6.45) is 3.76. The van der Waals surface area contributed by atoms with Crippen LogP contribution in [-0.4, -0.2) is 40.7 Å². The molecule has 0 aliphatic carbocycles. The van der Waals surface area contributed by atoms with Gasteiger partial charge in [0.25, 0.3) is 0 Å². The van der Waals surface area contributed by atoms with E-state index in [0.29, 0.717) is 18.7 Å². The molecular formula is C24H37FN2O3S. The maximum atomic E-state index is 14.3. The minimum Gasteiger partial charge on any atom is -0.372 e. The number of nitrogens with two attached hydrogens (primary N) is 1. The minimum atomic E-state index is -1.23. The molecule has 0 spiro atoms. The topological polar surface area (TPSA) is 72.6 Å². The first-order valence-corrected chi connectivity index (χ1v) is 11.6. The van der Waals surface area contributed by atoms with Crippen LogP contribution in [0.3, 0.4) is 0 Å². The zero-order chi connectivity index (χ0) is 23.8. The molecule has 1 aromatic rings. The van der Waals surface area contributed by atoms with Gasteiger partial charge < -0.3 is 10.5 Å². The second-order valence-electron chi connectivity index (χ2n) is 6.94. The number of primary amides is 1. The summed E-state index contributed by atoms with van der Waals surface area (Å²) in [5, 5.41) is -0.0938. The van der Waals surface area contributed by atoms with Crippen LogP contribution in [0.5, 0.6) is 0 Å². The molecule has 1 unspecified atom stereocenters. The largest absolute Gasteiger partial charge is 0.372 e. The number of amides is 1. The number of ether oxygens (including phenoxy) is 1. The highest BCUT2D eigenvalue weighted by Gasteiger charge is 2.23. The van der Waals surface area contributed by atoms with Gasteiger partial charge in [0.1, 0.15) is 23.4 Å². The molecular weight excluding hydrogens is 415 g/mol. The SMILES string of the molecule is C=C/C(CN(CC)S(=O)[C@H](CC)c1ccccc1)=C(/F)C=C(C)C.CCOCC(N)=O. The fourth-order valence-electron chi connectivity index (χ4n) is 2.62. The van der Waals surface area contributed by atoms with Gasteiger partial charge in [-0.15, -0.1) is 0 Å². The molecule has 2 N–H and O–H groups in total. The summed E-state index contributed by atoms with van der Waals surface area (Å²) in [6.45, 7) is 14.6.